The number of ether oxygens (including phenoxy) is 4. The van der Waals surface area contributed by atoms with Crippen LogP contribution < -0.4 is 20.5 Å². The molecule has 1 unspecified atom stereocenters. The number of hydrogen-bond donors (Lipinski definition) is 2. The minimum atomic E-state index is -0.799. The monoisotopic (exact) mass is 463 g/mol. The first-order chi connectivity index (χ1) is 16.4. The van der Waals surface area contributed by atoms with E-state index in [2.05, 4.69) is 5.32 Å². The molecule has 176 valence electrons. The Kier molecular flexibility index (Phi) is 7.77. The van der Waals surface area contributed by atoms with E-state index in [4.69, 9.17) is 24.7 Å². The lowest BCUT2D eigenvalue weighted by Crippen LogP contribution is -2.25. The fraction of sp³-hybridized carbons (Fsp3) is 0.240. The van der Waals surface area contributed by atoms with Gasteiger partial charge in [0.05, 0.1) is 25.2 Å². The Bertz CT molecular complexity index is 1200. The summed E-state index contributed by atoms with van der Waals surface area (Å²) in [5.41, 5.74) is 7.33. The maximum Gasteiger partial charge on any atom is 0.338 e. The summed E-state index contributed by atoms with van der Waals surface area (Å²) in [7, 11) is 1.54. The van der Waals surface area contributed by atoms with Crippen LogP contribution in [0.2, 0.25) is 0 Å². The standard InChI is InChI=1S/C25H25N3O6/c1-4-32-25(30)22-15(2)34-24(27)20(13-26)23(22)16-7-5-10-19(11-16)33-14-21(29)28-17-8-6-9-18(12-17)31-3/h5-12,23H,4,14,27H2,1-3H3,(H,28,29). The Balaban J connectivity index is 1.81. The average molecular weight is 463 g/mol. The number of carbonyl (C=O) groups excluding carboxylic acids is 2. The van der Waals surface area contributed by atoms with Crippen molar-refractivity contribution in [2.24, 2.45) is 5.73 Å². The fourth-order valence-corrected chi connectivity index (χ4v) is 3.52. The lowest BCUT2D eigenvalue weighted by atomic mass is 9.83. The van der Waals surface area contributed by atoms with E-state index >= 15 is 0 Å². The molecule has 0 saturated heterocycles. The second kappa shape index (κ2) is 10.9. The van der Waals surface area contributed by atoms with Gasteiger partial charge in [-0.3, -0.25) is 4.79 Å². The van der Waals surface area contributed by atoms with Gasteiger partial charge in [0.1, 0.15) is 28.9 Å². The molecular formula is C25H25N3O6. The largest absolute Gasteiger partial charge is 0.497 e. The van der Waals surface area contributed by atoms with Gasteiger partial charge in [-0.2, -0.15) is 5.26 Å². The smallest absolute Gasteiger partial charge is 0.338 e. The van der Waals surface area contributed by atoms with Crippen LogP contribution >= 0.6 is 0 Å². The molecule has 9 nitrogen and oxygen atoms in total. The van der Waals surface area contributed by atoms with E-state index in [0.717, 1.165) is 0 Å². The van der Waals surface area contributed by atoms with Gasteiger partial charge >= 0.3 is 5.97 Å². The zero-order chi connectivity index (χ0) is 24.7. The van der Waals surface area contributed by atoms with Gasteiger partial charge in [0.25, 0.3) is 5.91 Å². The topological polar surface area (TPSA) is 133 Å². The Morgan fingerprint density at radius 2 is 1.91 bits per heavy atom. The van der Waals surface area contributed by atoms with Crippen molar-refractivity contribution in [2.75, 3.05) is 25.6 Å². The lowest BCUT2D eigenvalue weighted by molar-refractivity contribution is -0.139. The number of allylic oxidation sites excluding steroid dienone is 2. The molecule has 0 fully saturated rings. The number of amides is 1. The highest BCUT2D eigenvalue weighted by molar-refractivity contribution is 5.93. The van der Waals surface area contributed by atoms with Crippen molar-refractivity contribution in [3.05, 3.63) is 76.9 Å². The summed E-state index contributed by atoms with van der Waals surface area (Å²) in [4.78, 5) is 25.0. The van der Waals surface area contributed by atoms with Gasteiger partial charge in [0, 0.05) is 11.8 Å². The van der Waals surface area contributed by atoms with Gasteiger partial charge in [-0.1, -0.05) is 18.2 Å². The third-order valence-corrected chi connectivity index (χ3v) is 5.02. The highest BCUT2D eigenvalue weighted by Gasteiger charge is 2.36. The van der Waals surface area contributed by atoms with Gasteiger partial charge < -0.3 is 30.0 Å². The quantitative estimate of drug-likeness (QED) is 0.570. The minimum absolute atomic E-state index is 0.0814. The molecule has 1 heterocycles. The molecule has 1 aliphatic rings. The third kappa shape index (κ3) is 5.48. The normalized spacial score (nSPS) is 15.2. The van der Waals surface area contributed by atoms with E-state index in [0.29, 0.717) is 22.7 Å². The Morgan fingerprint density at radius 1 is 1.18 bits per heavy atom. The Hall–Kier alpha value is -4.45. The predicted molar refractivity (Wildman–Crippen MR) is 124 cm³/mol. The summed E-state index contributed by atoms with van der Waals surface area (Å²) in [5.74, 6) is -0.604. The molecule has 2 aromatic rings. The molecule has 2 aromatic carbocycles. The van der Waals surface area contributed by atoms with Gasteiger partial charge in [0.2, 0.25) is 5.88 Å². The summed E-state index contributed by atoms with van der Waals surface area (Å²) in [5, 5.41) is 12.4. The van der Waals surface area contributed by atoms with Crippen LogP contribution in [0.5, 0.6) is 11.5 Å². The molecule has 0 aromatic heterocycles. The van der Waals surface area contributed by atoms with Gasteiger partial charge in [0.15, 0.2) is 6.61 Å². The van der Waals surface area contributed by atoms with E-state index in [1.165, 1.54) is 0 Å². The number of nitrogens with one attached hydrogen (secondary N) is 1. The van der Waals surface area contributed by atoms with Crippen molar-refractivity contribution in [2.45, 2.75) is 19.8 Å². The molecule has 34 heavy (non-hydrogen) atoms. The zero-order valence-corrected chi connectivity index (χ0v) is 19.1. The van der Waals surface area contributed by atoms with Crippen LogP contribution in [0.4, 0.5) is 5.69 Å². The molecular weight excluding hydrogens is 438 g/mol. The van der Waals surface area contributed by atoms with Crippen LogP contribution in [0.25, 0.3) is 0 Å². The maximum absolute atomic E-state index is 12.7. The fourth-order valence-electron chi connectivity index (χ4n) is 3.52. The highest BCUT2D eigenvalue weighted by atomic mass is 16.5. The lowest BCUT2D eigenvalue weighted by Gasteiger charge is -2.27. The first-order valence-corrected chi connectivity index (χ1v) is 10.5. The number of anilines is 1. The van der Waals surface area contributed by atoms with Crippen molar-refractivity contribution < 1.29 is 28.5 Å². The average Bonchev–Trinajstić information content (AvgIpc) is 2.82. The van der Waals surface area contributed by atoms with Crippen LogP contribution in [0.1, 0.15) is 25.3 Å². The number of carbonyl (C=O) groups is 2. The van der Waals surface area contributed by atoms with Crippen molar-refractivity contribution in [1.29, 1.82) is 5.26 Å². The second-order valence-corrected chi connectivity index (χ2v) is 7.26. The summed E-state index contributed by atoms with van der Waals surface area (Å²) < 4.78 is 21.4. The summed E-state index contributed by atoms with van der Waals surface area (Å²) in [6.07, 6.45) is 0. The minimum Gasteiger partial charge on any atom is -0.497 e. The summed E-state index contributed by atoms with van der Waals surface area (Å²) in [6, 6.07) is 15.7. The summed E-state index contributed by atoms with van der Waals surface area (Å²) >= 11 is 0. The molecule has 1 aliphatic heterocycles. The molecule has 9 heteroatoms. The van der Waals surface area contributed by atoms with Gasteiger partial charge in [-0.05, 0) is 43.7 Å². The zero-order valence-electron chi connectivity index (χ0n) is 19.1. The highest BCUT2D eigenvalue weighted by Crippen LogP contribution is 2.40. The number of esters is 1. The first-order valence-electron chi connectivity index (χ1n) is 10.5. The van der Waals surface area contributed by atoms with Gasteiger partial charge in [-0.15, -0.1) is 0 Å². The molecule has 1 amide bonds. The predicted octanol–water partition coefficient (Wildman–Crippen LogP) is 3.36. The van der Waals surface area contributed by atoms with Crippen LogP contribution in [-0.4, -0.2) is 32.2 Å². The Labute approximate surface area is 197 Å². The number of benzene rings is 2. The van der Waals surface area contributed by atoms with Crippen molar-refractivity contribution in [3.63, 3.8) is 0 Å². The molecule has 0 bridgehead atoms. The van der Waals surface area contributed by atoms with E-state index in [9.17, 15) is 14.9 Å². The molecule has 0 saturated carbocycles. The number of nitriles is 1. The van der Waals surface area contributed by atoms with Crippen molar-refractivity contribution in [1.82, 2.24) is 0 Å². The summed E-state index contributed by atoms with van der Waals surface area (Å²) in [6.45, 7) is 3.18. The number of methoxy groups -OCH3 is 1. The van der Waals surface area contributed by atoms with E-state index in [1.54, 1.807) is 69.5 Å². The molecule has 3 N–H and O–H groups in total. The van der Waals surface area contributed by atoms with Crippen LogP contribution in [-0.2, 0) is 19.1 Å². The van der Waals surface area contributed by atoms with Gasteiger partial charge in [-0.25, -0.2) is 4.79 Å². The molecule has 0 radical (unpaired) electrons. The number of rotatable bonds is 8. The molecule has 3 rings (SSSR count). The van der Waals surface area contributed by atoms with E-state index in [-0.39, 0.29) is 41.9 Å². The number of nitrogens with zero attached hydrogens (tertiary/aromatic N) is 1. The maximum atomic E-state index is 12.7. The molecule has 0 spiro atoms. The van der Waals surface area contributed by atoms with Crippen molar-refractivity contribution >= 4 is 17.6 Å². The Morgan fingerprint density at radius 3 is 2.62 bits per heavy atom. The molecule has 1 atom stereocenters. The second-order valence-electron chi connectivity index (χ2n) is 7.26. The number of hydrogen-bond acceptors (Lipinski definition) is 8. The van der Waals surface area contributed by atoms with Crippen LogP contribution in [0.15, 0.2) is 71.3 Å². The SMILES string of the molecule is CCOC(=O)C1=C(C)OC(N)=C(C#N)C1c1cccc(OCC(=O)Nc2cccc(OC)c2)c1. The van der Waals surface area contributed by atoms with E-state index in [1.807, 2.05) is 6.07 Å². The number of nitrogens with two attached hydrogens (primary N) is 1. The van der Waals surface area contributed by atoms with Crippen LogP contribution in [0.3, 0.4) is 0 Å². The third-order valence-electron chi connectivity index (χ3n) is 5.02. The van der Waals surface area contributed by atoms with Crippen molar-refractivity contribution in [3.8, 4) is 17.6 Å². The molecule has 0 aliphatic carbocycles. The van der Waals surface area contributed by atoms with E-state index < -0.39 is 11.9 Å². The first kappa shape index (κ1) is 24.2. The van der Waals surface area contributed by atoms with Crippen LogP contribution in [0, 0.1) is 11.3 Å².